The molecule has 0 atom stereocenters. The number of rotatable bonds is 17. The van der Waals surface area contributed by atoms with Gasteiger partial charge >= 0.3 is 11.9 Å². The molecule has 4 aromatic heterocycles. The minimum atomic E-state index is 0. The largest absolute Gasteiger partial charge is 1.00 e. The molecule has 0 N–H and O–H groups in total. The number of azo groups is 4. The van der Waals surface area contributed by atoms with Crippen molar-refractivity contribution in [2.45, 2.75) is 45.1 Å². The number of aromatic nitrogens is 6. The number of ether oxygens (including phenoxy) is 2. The normalized spacial score (nSPS) is 13.7. The van der Waals surface area contributed by atoms with Gasteiger partial charge in [-0.3, -0.25) is 4.98 Å². The zero-order valence-corrected chi connectivity index (χ0v) is 50.3. The molecule has 2 saturated heterocycles. The zero-order chi connectivity index (χ0) is 55.2. The summed E-state index contributed by atoms with van der Waals surface area (Å²) in [4.78, 5) is 8.83. The number of halogens is 4. The summed E-state index contributed by atoms with van der Waals surface area (Å²) in [5.74, 6) is 5.56. The molecular formula is C60H72Cl4N16O2. The SMILES string of the molecule is COc1ccc(N=Nc2cc[n+](CCC3CCN(c4ccc(N=Nc5n(C)cc[n+]5C)cc4)CC3)cc2)cc1.COc1ccc(N=Nc2ccncc2)cc1.Cn1cc[n+](C)c1N=Nc1ccc(N2CCC(CCCl)CC2)cc1.[Cl-].[Cl-].[Cl-]. The standard InChI is InChI=1S/C30H36N8O.C18H25ClN5.C12H11N3O.3ClH/c1-35-22-23-36(2)30(35)34-33-25-4-8-28(9-5-25)38-20-13-24(14-21-38)12-17-37-18-15-27(16-19-37)32-31-26-6-10-29(39-3)11-7-26;1-22-13-14-23(2)18(22)21-20-16-3-5-17(6-4-16)24-11-8-15(7-10-19)9-12-24;1-16-12-4-2-10(3-5-12)14-15-11-6-8-13-9-7-11;;;/h4-11,15-16,18-19,22-24H,12-14,17,20-21H2,1-3H3;3-6,13-15H,7-12H2,1-2H3;2-9H,1H3;3*1H/q+2;+1;;;;/p-3. The Labute approximate surface area is 505 Å². The second-order valence-corrected chi connectivity index (χ2v) is 19.9. The third-order valence-electron chi connectivity index (χ3n) is 14.0. The van der Waals surface area contributed by atoms with E-state index in [2.05, 4.69) is 96.9 Å². The van der Waals surface area contributed by atoms with Crippen molar-refractivity contribution in [2.75, 3.05) is 56.1 Å². The Kier molecular flexibility index (Phi) is 27.0. The molecule has 0 unspecified atom stereocenters. The zero-order valence-electron chi connectivity index (χ0n) is 47.3. The number of pyridine rings is 2. The monoisotopic (exact) mass is 1190 g/mol. The van der Waals surface area contributed by atoms with Crippen molar-refractivity contribution >= 4 is 69.0 Å². The fourth-order valence-electron chi connectivity index (χ4n) is 9.16. The highest BCUT2D eigenvalue weighted by Crippen LogP contribution is 2.30. The smallest absolute Gasteiger partial charge is 0.421 e. The quantitative estimate of drug-likeness (QED) is 0.0720. The summed E-state index contributed by atoms with van der Waals surface area (Å²) < 4.78 is 20.3. The number of imidazole rings is 2. The van der Waals surface area contributed by atoms with Crippen molar-refractivity contribution in [3.8, 4) is 11.5 Å². The summed E-state index contributed by atoms with van der Waals surface area (Å²) in [6, 6.07) is 39.3. The van der Waals surface area contributed by atoms with Crippen LogP contribution >= 0.6 is 11.6 Å². The molecule has 2 fully saturated rings. The topological polar surface area (TPSA) is 158 Å². The molecule has 0 radical (unpaired) electrons. The molecule has 0 bridgehead atoms. The highest BCUT2D eigenvalue weighted by molar-refractivity contribution is 6.17. The summed E-state index contributed by atoms with van der Waals surface area (Å²) in [7, 11) is 11.1. The number of hydrogen-bond donors (Lipinski definition) is 0. The van der Waals surface area contributed by atoms with Gasteiger partial charge in [-0.25, -0.2) is 22.8 Å². The number of nitrogens with zero attached hydrogens (tertiary/aromatic N) is 16. The number of alkyl halides is 1. The fourth-order valence-corrected chi connectivity index (χ4v) is 9.47. The minimum Gasteiger partial charge on any atom is -1.00 e. The lowest BCUT2D eigenvalue weighted by Crippen LogP contribution is -3.00. The molecule has 0 aliphatic carbocycles. The van der Waals surface area contributed by atoms with E-state index < -0.39 is 0 Å². The summed E-state index contributed by atoms with van der Waals surface area (Å²) in [5, 5.41) is 34.3. The van der Waals surface area contributed by atoms with Crippen LogP contribution < -0.4 is 70.2 Å². The lowest BCUT2D eigenvalue weighted by atomic mass is 9.93. The first-order valence-electron chi connectivity index (χ1n) is 26.7. The molecule has 8 aromatic rings. The van der Waals surface area contributed by atoms with Crippen molar-refractivity contribution in [2.24, 2.45) is 80.9 Å². The Morgan fingerprint density at radius 2 is 0.805 bits per heavy atom. The van der Waals surface area contributed by atoms with Gasteiger partial charge in [0.1, 0.15) is 29.4 Å². The Hall–Kier alpha value is -7.64. The van der Waals surface area contributed by atoms with Gasteiger partial charge in [0.15, 0.2) is 12.4 Å². The van der Waals surface area contributed by atoms with Crippen molar-refractivity contribution < 1.29 is 60.4 Å². The molecule has 4 aromatic carbocycles. The summed E-state index contributed by atoms with van der Waals surface area (Å²) in [5.41, 5.74) is 7.48. The molecule has 82 heavy (non-hydrogen) atoms. The molecular weight excluding hydrogens is 1120 g/mol. The maximum Gasteiger partial charge on any atom is 0.421 e. The van der Waals surface area contributed by atoms with Gasteiger partial charge in [0.25, 0.3) is 0 Å². The van der Waals surface area contributed by atoms with Crippen LogP contribution in [0.2, 0.25) is 0 Å². The van der Waals surface area contributed by atoms with E-state index in [0.29, 0.717) is 0 Å². The molecule has 22 heteroatoms. The molecule has 18 nitrogen and oxygen atoms in total. The Balaban J connectivity index is 0.000000245. The number of piperidine rings is 2. The molecule has 0 spiro atoms. The highest BCUT2D eigenvalue weighted by Gasteiger charge is 2.22. The molecule has 2 aliphatic rings. The third-order valence-corrected chi connectivity index (χ3v) is 14.2. The van der Waals surface area contributed by atoms with Crippen LogP contribution in [-0.4, -0.2) is 60.4 Å². The van der Waals surface area contributed by atoms with Crippen LogP contribution in [0.5, 0.6) is 11.5 Å². The Morgan fingerprint density at radius 1 is 0.463 bits per heavy atom. The van der Waals surface area contributed by atoms with Crippen LogP contribution in [-0.2, 0) is 34.7 Å². The minimum absolute atomic E-state index is 0. The average Bonchev–Trinajstić information content (AvgIpc) is 4.02. The fraction of sp³-hybridized carbons (Fsp3) is 0.333. The van der Waals surface area contributed by atoms with Gasteiger partial charge in [-0.15, -0.1) is 11.6 Å². The van der Waals surface area contributed by atoms with Crippen LogP contribution in [0.15, 0.2) is 212 Å². The predicted molar refractivity (Wildman–Crippen MR) is 309 cm³/mol. The van der Waals surface area contributed by atoms with Crippen molar-refractivity contribution in [3.63, 3.8) is 0 Å². The molecule has 2 aliphatic heterocycles. The van der Waals surface area contributed by atoms with Gasteiger partial charge in [-0.1, -0.05) is 10.2 Å². The second-order valence-electron chi connectivity index (χ2n) is 19.5. The van der Waals surface area contributed by atoms with Crippen molar-refractivity contribution in [1.82, 2.24) is 14.1 Å². The second kappa shape index (κ2) is 34.0. The first kappa shape index (κ1) is 65.2. The maximum atomic E-state index is 5.86. The highest BCUT2D eigenvalue weighted by atomic mass is 35.5. The molecule has 0 amide bonds. The van der Waals surface area contributed by atoms with E-state index in [-0.39, 0.29) is 37.2 Å². The average molecular weight is 1190 g/mol. The molecule has 6 heterocycles. The van der Waals surface area contributed by atoms with E-state index in [1.165, 1.54) is 43.5 Å². The predicted octanol–water partition coefficient (Wildman–Crippen LogP) is 4.91. The number of aryl methyl sites for hydroxylation is 5. The van der Waals surface area contributed by atoms with Crippen LogP contribution in [0.4, 0.5) is 57.4 Å². The number of methoxy groups -OCH3 is 2. The van der Waals surface area contributed by atoms with Gasteiger partial charge in [-0.2, -0.15) is 20.5 Å². The maximum absolute atomic E-state index is 5.86. The summed E-state index contributed by atoms with van der Waals surface area (Å²) in [6.45, 7) is 5.41. The number of benzene rings is 4. The van der Waals surface area contributed by atoms with E-state index >= 15 is 0 Å². The molecule has 432 valence electrons. The van der Waals surface area contributed by atoms with Gasteiger partial charge in [0.2, 0.25) is 0 Å². The van der Waals surface area contributed by atoms with E-state index in [1.807, 2.05) is 156 Å². The van der Waals surface area contributed by atoms with Crippen LogP contribution in [0.3, 0.4) is 0 Å². The van der Waals surface area contributed by atoms with Crippen LogP contribution in [0, 0.1) is 11.8 Å². The number of anilines is 2. The van der Waals surface area contributed by atoms with E-state index in [1.54, 1.807) is 38.7 Å². The van der Waals surface area contributed by atoms with Gasteiger partial charge in [-0.05, 0) is 153 Å². The third kappa shape index (κ3) is 19.8. The van der Waals surface area contributed by atoms with E-state index in [0.717, 1.165) is 114 Å². The molecule has 0 saturated carbocycles. The first-order valence-corrected chi connectivity index (χ1v) is 27.3. The first-order chi connectivity index (χ1) is 38.6. The van der Waals surface area contributed by atoms with Crippen LogP contribution in [0.1, 0.15) is 38.5 Å². The van der Waals surface area contributed by atoms with E-state index in [9.17, 15) is 0 Å². The van der Waals surface area contributed by atoms with Gasteiger partial charge in [0.05, 0.1) is 89.9 Å². The summed E-state index contributed by atoms with van der Waals surface area (Å²) in [6.07, 6.45) is 22.6. The Morgan fingerprint density at radius 3 is 1.16 bits per heavy atom. The van der Waals surface area contributed by atoms with Gasteiger partial charge < -0.3 is 56.5 Å². The van der Waals surface area contributed by atoms with Crippen molar-refractivity contribution in [1.29, 1.82) is 0 Å². The van der Waals surface area contributed by atoms with Crippen molar-refractivity contribution in [3.05, 3.63) is 171 Å². The van der Waals surface area contributed by atoms with E-state index in [4.69, 9.17) is 21.1 Å². The van der Waals surface area contributed by atoms with Crippen LogP contribution in [0.25, 0.3) is 0 Å². The summed E-state index contributed by atoms with van der Waals surface area (Å²) >= 11 is 5.86. The number of hydrogen-bond acceptors (Lipinski definition) is 13. The molecule has 10 rings (SSSR count). The lowest BCUT2D eigenvalue weighted by Gasteiger charge is -2.33. The Bertz CT molecular complexity index is 3180. The van der Waals surface area contributed by atoms with Gasteiger partial charge in [0, 0.05) is 84.6 Å². The lowest BCUT2D eigenvalue weighted by molar-refractivity contribution is -0.698.